The quantitative estimate of drug-likeness (QED) is 0.542. The lowest BCUT2D eigenvalue weighted by Gasteiger charge is -2.11. The first kappa shape index (κ1) is 11.1. The van der Waals surface area contributed by atoms with Gasteiger partial charge in [-0.1, -0.05) is 30.3 Å². The summed E-state index contributed by atoms with van der Waals surface area (Å²) >= 11 is 0. The first-order chi connectivity index (χ1) is 7.85. The summed E-state index contributed by atoms with van der Waals surface area (Å²) in [6.45, 7) is 1.88. The van der Waals surface area contributed by atoms with Crippen molar-refractivity contribution in [2.45, 2.75) is 19.4 Å². The van der Waals surface area contributed by atoms with Crippen LogP contribution in [0.15, 0.2) is 35.3 Å². The van der Waals surface area contributed by atoms with Crippen molar-refractivity contribution in [1.82, 2.24) is 0 Å². The second kappa shape index (κ2) is 5.06. The Hall–Kier alpha value is -1.44. The van der Waals surface area contributed by atoms with Crippen molar-refractivity contribution < 1.29 is 9.53 Å². The maximum atomic E-state index is 10.0. The van der Waals surface area contributed by atoms with Crippen molar-refractivity contribution in [3.05, 3.63) is 35.9 Å². The Bertz CT molecular complexity index is 378. The molecule has 1 aliphatic carbocycles. The molecule has 0 radical (unpaired) electrons. The number of rotatable bonds is 6. The molecular formula is C13H15NO2. The molecule has 0 aliphatic heterocycles. The summed E-state index contributed by atoms with van der Waals surface area (Å²) in [5, 5.41) is 0. The zero-order valence-electron chi connectivity index (χ0n) is 9.19. The number of aliphatic imine (C=N–C) groups is 1. The second-order valence-electron chi connectivity index (χ2n) is 4.39. The van der Waals surface area contributed by atoms with Crippen LogP contribution in [0.2, 0.25) is 0 Å². The summed E-state index contributed by atoms with van der Waals surface area (Å²) in [5.74, 6) is 0. The molecule has 1 aromatic carbocycles. The Morgan fingerprint density at radius 1 is 1.31 bits per heavy atom. The molecule has 0 N–H and O–H groups in total. The number of hydrogen-bond acceptors (Lipinski definition) is 3. The van der Waals surface area contributed by atoms with Crippen molar-refractivity contribution in [2.24, 2.45) is 10.4 Å². The molecule has 84 valence electrons. The van der Waals surface area contributed by atoms with Crippen LogP contribution in [0.25, 0.3) is 0 Å². The summed E-state index contributed by atoms with van der Waals surface area (Å²) < 4.78 is 5.65. The lowest BCUT2D eigenvalue weighted by atomic mass is 10.1. The zero-order chi connectivity index (χ0) is 11.3. The van der Waals surface area contributed by atoms with E-state index in [4.69, 9.17) is 4.74 Å². The van der Waals surface area contributed by atoms with E-state index in [0.29, 0.717) is 19.8 Å². The molecule has 0 heterocycles. The van der Waals surface area contributed by atoms with Crippen LogP contribution in [0.3, 0.4) is 0 Å². The molecule has 0 bridgehead atoms. The second-order valence-corrected chi connectivity index (χ2v) is 4.39. The summed E-state index contributed by atoms with van der Waals surface area (Å²) in [6, 6.07) is 10.1. The van der Waals surface area contributed by atoms with Crippen LogP contribution in [0, 0.1) is 5.41 Å². The van der Waals surface area contributed by atoms with E-state index >= 15 is 0 Å². The van der Waals surface area contributed by atoms with E-state index in [2.05, 4.69) is 4.99 Å². The predicted molar refractivity (Wildman–Crippen MR) is 60.8 cm³/mol. The van der Waals surface area contributed by atoms with Crippen LogP contribution in [0.4, 0.5) is 0 Å². The third-order valence-electron chi connectivity index (χ3n) is 2.96. The number of benzene rings is 1. The lowest BCUT2D eigenvalue weighted by molar-refractivity contribution is 0.0810. The fourth-order valence-electron chi connectivity index (χ4n) is 1.68. The first-order valence-electron chi connectivity index (χ1n) is 5.50. The minimum absolute atomic E-state index is 0.131. The van der Waals surface area contributed by atoms with Gasteiger partial charge in [0.05, 0.1) is 19.8 Å². The highest BCUT2D eigenvalue weighted by atomic mass is 16.5. The van der Waals surface area contributed by atoms with Gasteiger partial charge < -0.3 is 4.74 Å². The molecule has 0 unspecified atom stereocenters. The van der Waals surface area contributed by atoms with Crippen molar-refractivity contribution in [1.29, 1.82) is 0 Å². The number of isocyanates is 1. The highest BCUT2D eigenvalue weighted by Gasteiger charge is 2.42. The molecule has 1 saturated carbocycles. The van der Waals surface area contributed by atoms with Gasteiger partial charge >= 0.3 is 0 Å². The van der Waals surface area contributed by atoms with Gasteiger partial charge in [0, 0.05) is 5.41 Å². The topological polar surface area (TPSA) is 38.7 Å². The Labute approximate surface area is 95.2 Å². The smallest absolute Gasteiger partial charge is 0.234 e. The highest BCUT2D eigenvalue weighted by molar-refractivity contribution is 5.33. The maximum Gasteiger partial charge on any atom is 0.234 e. The Balaban J connectivity index is 1.74. The van der Waals surface area contributed by atoms with E-state index < -0.39 is 0 Å². The van der Waals surface area contributed by atoms with E-state index in [-0.39, 0.29) is 5.41 Å². The molecule has 0 aromatic heterocycles. The van der Waals surface area contributed by atoms with Crippen LogP contribution in [-0.4, -0.2) is 19.2 Å². The van der Waals surface area contributed by atoms with Crippen molar-refractivity contribution in [3.8, 4) is 0 Å². The molecule has 1 fully saturated rings. The van der Waals surface area contributed by atoms with Crippen LogP contribution in [0.1, 0.15) is 18.4 Å². The van der Waals surface area contributed by atoms with E-state index in [9.17, 15) is 4.79 Å². The Morgan fingerprint density at radius 2 is 2.06 bits per heavy atom. The molecular weight excluding hydrogens is 202 g/mol. The number of carbonyl (C=O) groups excluding carboxylic acids is 1. The summed E-state index contributed by atoms with van der Waals surface area (Å²) in [5.41, 5.74) is 1.31. The normalized spacial score (nSPS) is 16.5. The van der Waals surface area contributed by atoms with Crippen molar-refractivity contribution in [2.75, 3.05) is 13.2 Å². The average Bonchev–Trinajstić information content (AvgIpc) is 3.09. The monoisotopic (exact) mass is 217 g/mol. The molecule has 1 aromatic rings. The molecule has 3 nitrogen and oxygen atoms in total. The molecule has 1 aliphatic rings. The molecule has 16 heavy (non-hydrogen) atoms. The van der Waals surface area contributed by atoms with Crippen LogP contribution in [-0.2, 0) is 16.1 Å². The Morgan fingerprint density at radius 3 is 2.69 bits per heavy atom. The van der Waals surface area contributed by atoms with Gasteiger partial charge in [-0.05, 0) is 18.4 Å². The van der Waals surface area contributed by atoms with Crippen molar-refractivity contribution in [3.63, 3.8) is 0 Å². The van der Waals surface area contributed by atoms with Gasteiger partial charge in [-0.3, -0.25) is 0 Å². The van der Waals surface area contributed by atoms with E-state index in [1.165, 1.54) is 5.56 Å². The first-order valence-corrected chi connectivity index (χ1v) is 5.50. The third-order valence-corrected chi connectivity index (χ3v) is 2.96. The lowest BCUT2D eigenvalue weighted by Crippen LogP contribution is -2.13. The minimum atomic E-state index is 0.131. The van der Waals surface area contributed by atoms with Gasteiger partial charge in [0.15, 0.2) is 0 Å². The summed E-state index contributed by atoms with van der Waals surface area (Å²) in [6.07, 6.45) is 3.80. The van der Waals surface area contributed by atoms with Gasteiger partial charge in [-0.25, -0.2) is 9.79 Å². The fourth-order valence-corrected chi connectivity index (χ4v) is 1.68. The number of nitrogens with zero attached hydrogens (tertiary/aromatic N) is 1. The third kappa shape index (κ3) is 3.02. The standard InChI is InChI=1S/C13H15NO2/c15-11-14-9-13(6-7-13)10-16-8-12-4-2-1-3-5-12/h1-5H,6-10H2. The van der Waals surface area contributed by atoms with Crippen LogP contribution >= 0.6 is 0 Å². The maximum absolute atomic E-state index is 10.0. The fraction of sp³-hybridized carbons (Fsp3) is 0.462. The number of hydrogen-bond donors (Lipinski definition) is 0. The summed E-state index contributed by atoms with van der Waals surface area (Å²) in [4.78, 5) is 13.7. The molecule has 0 atom stereocenters. The highest BCUT2D eigenvalue weighted by Crippen LogP contribution is 2.46. The Kier molecular flexibility index (Phi) is 3.50. The molecule has 3 heteroatoms. The number of ether oxygens (including phenoxy) is 1. The van der Waals surface area contributed by atoms with Gasteiger partial charge in [0.2, 0.25) is 6.08 Å². The van der Waals surface area contributed by atoms with E-state index in [0.717, 1.165) is 12.8 Å². The minimum Gasteiger partial charge on any atom is -0.376 e. The molecule has 0 saturated heterocycles. The van der Waals surface area contributed by atoms with E-state index in [1.807, 2.05) is 30.3 Å². The molecule has 0 amide bonds. The van der Waals surface area contributed by atoms with Crippen molar-refractivity contribution >= 4 is 6.08 Å². The van der Waals surface area contributed by atoms with Gasteiger partial charge in [-0.15, -0.1) is 0 Å². The zero-order valence-corrected chi connectivity index (χ0v) is 9.19. The summed E-state index contributed by atoms with van der Waals surface area (Å²) in [7, 11) is 0. The largest absolute Gasteiger partial charge is 0.376 e. The van der Waals surface area contributed by atoms with Crippen LogP contribution in [0.5, 0.6) is 0 Å². The molecule has 2 rings (SSSR count). The van der Waals surface area contributed by atoms with E-state index in [1.54, 1.807) is 6.08 Å². The van der Waals surface area contributed by atoms with Gasteiger partial charge in [0.1, 0.15) is 0 Å². The van der Waals surface area contributed by atoms with Gasteiger partial charge in [0.25, 0.3) is 0 Å². The van der Waals surface area contributed by atoms with Crippen LogP contribution < -0.4 is 0 Å². The molecule has 0 spiro atoms. The SMILES string of the molecule is O=C=NCC1(COCc2ccccc2)CC1. The average molecular weight is 217 g/mol. The predicted octanol–water partition coefficient (Wildman–Crippen LogP) is 2.32. The van der Waals surface area contributed by atoms with Gasteiger partial charge in [-0.2, -0.15) is 0 Å².